The van der Waals surface area contributed by atoms with Crippen LogP contribution in [0.25, 0.3) is 0 Å². The summed E-state index contributed by atoms with van der Waals surface area (Å²) in [4.78, 5) is 25.1. The molecule has 0 saturated carbocycles. The van der Waals surface area contributed by atoms with E-state index in [4.69, 9.17) is 5.11 Å². The molecule has 0 unspecified atom stereocenters. The van der Waals surface area contributed by atoms with E-state index in [2.05, 4.69) is 10.1 Å². The molecule has 88 valence electrons. The molecular formula is C11H11N3O3. The minimum absolute atomic E-state index is 0.126. The molecule has 0 spiro atoms. The third-order valence-electron chi connectivity index (χ3n) is 2.36. The van der Waals surface area contributed by atoms with E-state index in [9.17, 15) is 9.59 Å². The van der Waals surface area contributed by atoms with Gasteiger partial charge in [-0.25, -0.2) is 9.48 Å². The summed E-state index contributed by atoms with van der Waals surface area (Å²) in [7, 11) is 0. The molecule has 0 aromatic carbocycles. The number of aryl methyl sites for hydroxylation is 2. The number of nitrogens with zero attached hydrogens (tertiary/aromatic N) is 2. The largest absolute Gasteiger partial charge is 0.476 e. The minimum atomic E-state index is -1.14. The predicted molar refractivity (Wildman–Crippen MR) is 60.0 cm³/mol. The van der Waals surface area contributed by atoms with Crippen LogP contribution in [0.2, 0.25) is 0 Å². The van der Waals surface area contributed by atoms with E-state index >= 15 is 0 Å². The zero-order valence-corrected chi connectivity index (χ0v) is 8.96. The SMILES string of the molecule is O=C(O)c1ccc(=O)n(CCc2cc[nH]c2)n1. The van der Waals surface area contributed by atoms with E-state index in [-0.39, 0.29) is 11.3 Å². The molecule has 6 heteroatoms. The van der Waals surface area contributed by atoms with Crippen LogP contribution < -0.4 is 5.56 Å². The number of aromatic nitrogens is 3. The molecule has 0 fully saturated rings. The van der Waals surface area contributed by atoms with Crippen LogP contribution in [-0.4, -0.2) is 25.8 Å². The van der Waals surface area contributed by atoms with Crippen LogP contribution in [0.4, 0.5) is 0 Å². The van der Waals surface area contributed by atoms with Gasteiger partial charge < -0.3 is 10.1 Å². The topological polar surface area (TPSA) is 88.0 Å². The number of rotatable bonds is 4. The maximum Gasteiger partial charge on any atom is 0.356 e. The average Bonchev–Trinajstić information content (AvgIpc) is 2.80. The lowest BCUT2D eigenvalue weighted by atomic mass is 10.2. The molecule has 0 bridgehead atoms. The second kappa shape index (κ2) is 4.65. The van der Waals surface area contributed by atoms with Crippen molar-refractivity contribution in [1.29, 1.82) is 0 Å². The third-order valence-corrected chi connectivity index (χ3v) is 2.36. The highest BCUT2D eigenvalue weighted by molar-refractivity contribution is 5.84. The molecule has 0 atom stereocenters. The molecule has 2 N–H and O–H groups in total. The molecule has 0 aliphatic carbocycles. The molecule has 6 nitrogen and oxygen atoms in total. The lowest BCUT2D eigenvalue weighted by Gasteiger charge is -2.03. The molecule has 2 aromatic heterocycles. The highest BCUT2D eigenvalue weighted by Gasteiger charge is 2.07. The molecule has 2 aromatic rings. The van der Waals surface area contributed by atoms with E-state index in [1.165, 1.54) is 12.1 Å². The first-order valence-electron chi connectivity index (χ1n) is 5.10. The van der Waals surface area contributed by atoms with E-state index in [1.807, 2.05) is 12.3 Å². The first-order valence-corrected chi connectivity index (χ1v) is 5.10. The fraction of sp³-hybridized carbons (Fsp3) is 0.182. The fourth-order valence-electron chi connectivity index (χ4n) is 1.47. The van der Waals surface area contributed by atoms with Gasteiger partial charge in [0.2, 0.25) is 0 Å². The van der Waals surface area contributed by atoms with Gasteiger partial charge in [0.1, 0.15) is 0 Å². The molecular weight excluding hydrogens is 222 g/mol. The van der Waals surface area contributed by atoms with Crippen LogP contribution in [0.5, 0.6) is 0 Å². The highest BCUT2D eigenvalue weighted by atomic mass is 16.4. The smallest absolute Gasteiger partial charge is 0.356 e. The fourth-order valence-corrected chi connectivity index (χ4v) is 1.47. The number of hydrogen-bond donors (Lipinski definition) is 2. The van der Waals surface area contributed by atoms with E-state index in [0.29, 0.717) is 13.0 Å². The van der Waals surface area contributed by atoms with Gasteiger partial charge in [-0.15, -0.1) is 0 Å². The standard InChI is InChI=1S/C11H11N3O3/c15-10-2-1-9(11(16)17)13-14(10)6-4-8-3-5-12-7-8/h1-3,5,7,12H,4,6H2,(H,16,17). The molecule has 0 radical (unpaired) electrons. The predicted octanol–water partition coefficient (Wildman–Crippen LogP) is 0.512. The number of H-pyrrole nitrogens is 1. The Morgan fingerprint density at radius 2 is 2.24 bits per heavy atom. The monoisotopic (exact) mass is 233 g/mol. The summed E-state index contributed by atoms with van der Waals surface area (Å²) in [6, 6.07) is 4.32. The van der Waals surface area contributed by atoms with Crippen LogP contribution in [0.3, 0.4) is 0 Å². The zero-order chi connectivity index (χ0) is 12.3. The number of hydrogen-bond acceptors (Lipinski definition) is 3. The number of carboxylic acids is 1. The van der Waals surface area contributed by atoms with Crippen molar-refractivity contribution in [2.75, 3.05) is 0 Å². The van der Waals surface area contributed by atoms with Gasteiger partial charge in [0.05, 0.1) is 0 Å². The van der Waals surface area contributed by atoms with Gasteiger partial charge in [-0.1, -0.05) is 0 Å². The average molecular weight is 233 g/mol. The lowest BCUT2D eigenvalue weighted by Crippen LogP contribution is -2.25. The second-order valence-electron chi connectivity index (χ2n) is 3.55. The van der Waals surface area contributed by atoms with Crippen LogP contribution in [0.1, 0.15) is 16.1 Å². The molecule has 2 rings (SSSR count). The number of carbonyl (C=O) groups is 1. The van der Waals surface area contributed by atoms with Crippen molar-refractivity contribution in [2.24, 2.45) is 0 Å². The maximum absolute atomic E-state index is 11.5. The Morgan fingerprint density at radius 1 is 1.41 bits per heavy atom. The maximum atomic E-state index is 11.5. The highest BCUT2D eigenvalue weighted by Crippen LogP contribution is 1.99. The third kappa shape index (κ3) is 2.60. The van der Waals surface area contributed by atoms with Gasteiger partial charge in [-0.05, 0) is 24.1 Å². The van der Waals surface area contributed by atoms with E-state index in [0.717, 1.165) is 10.2 Å². The summed E-state index contributed by atoms with van der Waals surface area (Å²) in [5.74, 6) is -1.14. The summed E-state index contributed by atoms with van der Waals surface area (Å²) in [5, 5.41) is 12.5. The molecule has 2 heterocycles. The summed E-state index contributed by atoms with van der Waals surface area (Å²) in [6.07, 6.45) is 4.24. The summed E-state index contributed by atoms with van der Waals surface area (Å²) >= 11 is 0. The molecule has 0 saturated heterocycles. The minimum Gasteiger partial charge on any atom is -0.476 e. The van der Waals surface area contributed by atoms with Gasteiger partial charge in [0.15, 0.2) is 5.69 Å². The zero-order valence-electron chi connectivity index (χ0n) is 8.96. The summed E-state index contributed by atoms with van der Waals surface area (Å²) < 4.78 is 1.16. The van der Waals surface area contributed by atoms with Crippen LogP contribution >= 0.6 is 0 Å². The Balaban J connectivity index is 2.17. The Hall–Kier alpha value is -2.37. The van der Waals surface area contributed by atoms with E-state index < -0.39 is 5.97 Å². The number of nitrogens with one attached hydrogen (secondary N) is 1. The van der Waals surface area contributed by atoms with Gasteiger partial charge in [-0.3, -0.25) is 4.79 Å². The molecule has 0 aliphatic rings. The normalized spacial score (nSPS) is 10.4. The van der Waals surface area contributed by atoms with Crippen molar-refractivity contribution >= 4 is 5.97 Å². The van der Waals surface area contributed by atoms with E-state index in [1.54, 1.807) is 6.20 Å². The second-order valence-corrected chi connectivity index (χ2v) is 3.55. The van der Waals surface area contributed by atoms with Crippen molar-refractivity contribution < 1.29 is 9.90 Å². The molecule has 0 amide bonds. The van der Waals surface area contributed by atoms with Crippen LogP contribution in [0.15, 0.2) is 35.4 Å². The van der Waals surface area contributed by atoms with Gasteiger partial charge in [0, 0.05) is 25.0 Å². The lowest BCUT2D eigenvalue weighted by molar-refractivity contribution is 0.0687. The summed E-state index contributed by atoms with van der Waals surface area (Å²) in [6.45, 7) is 0.359. The Kier molecular flexibility index (Phi) is 3.04. The summed E-state index contributed by atoms with van der Waals surface area (Å²) in [5.41, 5.74) is 0.614. The number of aromatic amines is 1. The molecule has 17 heavy (non-hydrogen) atoms. The number of aromatic carboxylic acids is 1. The molecule has 0 aliphatic heterocycles. The Bertz CT molecular complexity index is 572. The van der Waals surface area contributed by atoms with Gasteiger partial charge >= 0.3 is 5.97 Å². The van der Waals surface area contributed by atoms with Crippen molar-refractivity contribution in [3.8, 4) is 0 Å². The van der Waals surface area contributed by atoms with Crippen molar-refractivity contribution in [3.05, 3.63) is 52.2 Å². The van der Waals surface area contributed by atoms with Crippen molar-refractivity contribution in [3.63, 3.8) is 0 Å². The Morgan fingerprint density at radius 3 is 2.88 bits per heavy atom. The van der Waals surface area contributed by atoms with Gasteiger partial charge in [0.25, 0.3) is 5.56 Å². The quantitative estimate of drug-likeness (QED) is 0.805. The Labute approximate surface area is 96.5 Å². The first kappa shape index (κ1) is 11.1. The van der Waals surface area contributed by atoms with Crippen LogP contribution in [-0.2, 0) is 13.0 Å². The van der Waals surface area contributed by atoms with Crippen molar-refractivity contribution in [1.82, 2.24) is 14.8 Å². The van der Waals surface area contributed by atoms with Gasteiger partial charge in [-0.2, -0.15) is 5.10 Å². The van der Waals surface area contributed by atoms with Crippen LogP contribution in [0, 0.1) is 0 Å². The van der Waals surface area contributed by atoms with Crippen molar-refractivity contribution in [2.45, 2.75) is 13.0 Å². The number of carboxylic acid groups (broad SMARTS) is 1. The first-order chi connectivity index (χ1) is 8.16.